The number of nitrogens with one attached hydrogen (secondary N) is 2. The highest BCUT2D eigenvalue weighted by atomic mass is 16.4. The number of hydrogen-bond donors (Lipinski definition) is 4. The van der Waals surface area contributed by atoms with E-state index in [0.29, 0.717) is 13.0 Å². The van der Waals surface area contributed by atoms with Gasteiger partial charge in [-0.3, -0.25) is 14.4 Å². The summed E-state index contributed by atoms with van der Waals surface area (Å²) in [7, 11) is 0. The number of hydrogen-bond acceptors (Lipinski definition) is 4. The molecule has 0 heterocycles. The number of carboxylic acid groups (broad SMARTS) is 2. The highest BCUT2D eigenvalue weighted by molar-refractivity contribution is 5.84. The average Bonchev–Trinajstić information content (AvgIpc) is 2.74. The number of carbonyl (C=O) groups excluding carboxylic acids is 2. The standard InChI is InChI=1S/C24H44N2O6/c1-2-3-14-19-25-21(27)18-17-20(24(31)32)26-22(28)15-12-10-8-6-4-5-7-9-11-13-16-23(29)30/h20H,2-19H2,1H3,(H,25,27)(H,26,28)(H,29,30)(H,31,32). The van der Waals surface area contributed by atoms with E-state index in [9.17, 15) is 24.3 Å². The number of rotatable bonds is 22. The van der Waals surface area contributed by atoms with Gasteiger partial charge in [0.2, 0.25) is 11.8 Å². The Morgan fingerprint density at radius 1 is 0.656 bits per heavy atom. The molecular formula is C24H44N2O6. The van der Waals surface area contributed by atoms with Gasteiger partial charge in [-0.2, -0.15) is 0 Å². The van der Waals surface area contributed by atoms with Gasteiger partial charge in [-0.25, -0.2) is 4.79 Å². The van der Waals surface area contributed by atoms with Crippen LogP contribution in [0.25, 0.3) is 0 Å². The van der Waals surface area contributed by atoms with E-state index in [1.54, 1.807) is 0 Å². The van der Waals surface area contributed by atoms with E-state index >= 15 is 0 Å². The summed E-state index contributed by atoms with van der Waals surface area (Å²) in [6, 6.07) is -1.03. The van der Waals surface area contributed by atoms with Gasteiger partial charge < -0.3 is 20.8 Å². The molecule has 0 spiro atoms. The Morgan fingerprint density at radius 2 is 1.19 bits per heavy atom. The van der Waals surface area contributed by atoms with Crippen LogP contribution < -0.4 is 10.6 Å². The monoisotopic (exact) mass is 456 g/mol. The van der Waals surface area contributed by atoms with E-state index in [1.807, 2.05) is 0 Å². The second-order valence-electron chi connectivity index (χ2n) is 8.48. The van der Waals surface area contributed by atoms with Crippen LogP contribution in [0, 0.1) is 0 Å². The number of unbranched alkanes of at least 4 members (excludes halogenated alkanes) is 11. The molecule has 0 bridgehead atoms. The summed E-state index contributed by atoms with van der Waals surface area (Å²) < 4.78 is 0. The summed E-state index contributed by atoms with van der Waals surface area (Å²) in [5.74, 6) is -2.29. The molecule has 0 radical (unpaired) electrons. The number of carboxylic acids is 2. The molecule has 0 aromatic rings. The van der Waals surface area contributed by atoms with Gasteiger partial charge in [0.15, 0.2) is 0 Å². The van der Waals surface area contributed by atoms with Crippen molar-refractivity contribution in [2.45, 2.75) is 122 Å². The summed E-state index contributed by atoms with van der Waals surface area (Å²) in [5.41, 5.74) is 0. The lowest BCUT2D eigenvalue weighted by Gasteiger charge is -2.14. The van der Waals surface area contributed by atoms with Crippen molar-refractivity contribution in [3.63, 3.8) is 0 Å². The third-order valence-electron chi connectivity index (χ3n) is 5.44. The average molecular weight is 457 g/mol. The SMILES string of the molecule is CCCCCNC(=O)CCC(NC(=O)CCCCCCCCCCCCC(=O)O)C(=O)O. The molecular weight excluding hydrogens is 412 g/mol. The van der Waals surface area contributed by atoms with Crippen LogP contribution in [0.2, 0.25) is 0 Å². The minimum Gasteiger partial charge on any atom is -0.481 e. The minimum atomic E-state index is -1.11. The smallest absolute Gasteiger partial charge is 0.326 e. The van der Waals surface area contributed by atoms with Gasteiger partial charge >= 0.3 is 11.9 Å². The van der Waals surface area contributed by atoms with Crippen LogP contribution >= 0.6 is 0 Å². The molecule has 0 aromatic heterocycles. The quantitative estimate of drug-likeness (QED) is 0.178. The zero-order valence-electron chi connectivity index (χ0n) is 19.8. The summed E-state index contributed by atoms with van der Waals surface area (Å²) in [6.07, 6.45) is 13.8. The lowest BCUT2D eigenvalue weighted by molar-refractivity contribution is -0.142. The second kappa shape index (κ2) is 20.8. The Labute approximate surface area is 192 Å². The molecule has 0 aliphatic carbocycles. The van der Waals surface area contributed by atoms with Crippen molar-refractivity contribution >= 4 is 23.8 Å². The van der Waals surface area contributed by atoms with Crippen LogP contribution in [0.1, 0.15) is 116 Å². The maximum absolute atomic E-state index is 12.0. The lowest BCUT2D eigenvalue weighted by atomic mass is 10.0. The van der Waals surface area contributed by atoms with Crippen LogP contribution in [-0.4, -0.2) is 46.6 Å². The van der Waals surface area contributed by atoms with E-state index in [0.717, 1.165) is 83.5 Å². The van der Waals surface area contributed by atoms with Crippen molar-refractivity contribution in [1.29, 1.82) is 0 Å². The highest BCUT2D eigenvalue weighted by Gasteiger charge is 2.20. The van der Waals surface area contributed by atoms with Crippen LogP contribution in [0.4, 0.5) is 0 Å². The maximum Gasteiger partial charge on any atom is 0.326 e. The maximum atomic E-state index is 12.0. The van der Waals surface area contributed by atoms with Crippen molar-refractivity contribution < 1.29 is 29.4 Å². The predicted molar refractivity (Wildman–Crippen MR) is 124 cm³/mol. The van der Waals surface area contributed by atoms with E-state index in [2.05, 4.69) is 17.6 Å². The van der Waals surface area contributed by atoms with E-state index in [1.165, 1.54) is 0 Å². The fourth-order valence-electron chi connectivity index (χ4n) is 3.47. The van der Waals surface area contributed by atoms with Gasteiger partial charge in [0.25, 0.3) is 0 Å². The molecule has 32 heavy (non-hydrogen) atoms. The molecule has 8 nitrogen and oxygen atoms in total. The van der Waals surface area contributed by atoms with Gasteiger partial charge in [0.05, 0.1) is 0 Å². The van der Waals surface area contributed by atoms with E-state index in [-0.39, 0.29) is 31.1 Å². The molecule has 0 rings (SSSR count). The van der Waals surface area contributed by atoms with Gasteiger partial charge in [-0.05, 0) is 25.7 Å². The predicted octanol–water partition coefficient (Wildman–Crippen LogP) is 4.41. The molecule has 1 unspecified atom stereocenters. The Balaban J connectivity index is 3.72. The Bertz CT molecular complexity index is 539. The summed E-state index contributed by atoms with van der Waals surface area (Å²) >= 11 is 0. The molecule has 8 heteroatoms. The molecule has 0 saturated carbocycles. The largest absolute Gasteiger partial charge is 0.481 e. The van der Waals surface area contributed by atoms with Gasteiger partial charge in [-0.15, -0.1) is 0 Å². The molecule has 4 N–H and O–H groups in total. The van der Waals surface area contributed by atoms with E-state index < -0.39 is 18.0 Å². The summed E-state index contributed by atoms with van der Waals surface area (Å²) in [4.78, 5) is 45.6. The normalized spacial score (nSPS) is 11.7. The third kappa shape index (κ3) is 19.8. The highest BCUT2D eigenvalue weighted by Crippen LogP contribution is 2.12. The number of amides is 2. The van der Waals surface area contributed by atoms with Gasteiger partial charge in [-0.1, -0.05) is 71.1 Å². The first kappa shape index (κ1) is 29.9. The lowest BCUT2D eigenvalue weighted by Crippen LogP contribution is -2.41. The number of aliphatic carboxylic acids is 2. The second-order valence-corrected chi connectivity index (χ2v) is 8.48. The molecule has 1 atom stereocenters. The van der Waals surface area contributed by atoms with Crippen molar-refractivity contribution in [3.05, 3.63) is 0 Å². The molecule has 186 valence electrons. The molecule has 0 fully saturated rings. The first-order valence-electron chi connectivity index (χ1n) is 12.4. The third-order valence-corrected chi connectivity index (χ3v) is 5.44. The molecule has 0 aromatic carbocycles. The molecule has 2 amide bonds. The zero-order chi connectivity index (χ0) is 24.0. The van der Waals surface area contributed by atoms with Crippen LogP contribution in [-0.2, 0) is 19.2 Å². The Hall–Kier alpha value is -2.12. The van der Waals surface area contributed by atoms with Crippen molar-refractivity contribution in [1.82, 2.24) is 10.6 Å². The number of carbonyl (C=O) groups is 4. The van der Waals surface area contributed by atoms with Gasteiger partial charge in [0, 0.05) is 25.8 Å². The topological polar surface area (TPSA) is 133 Å². The van der Waals surface area contributed by atoms with Crippen LogP contribution in [0.5, 0.6) is 0 Å². The first-order valence-corrected chi connectivity index (χ1v) is 12.4. The van der Waals surface area contributed by atoms with Gasteiger partial charge in [0.1, 0.15) is 6.04 Å². The Morgan fingerprint density at radius 3 is 1.69 bits per heavy atom. The molecule has 0 aliphatic heterocycles. The molecule has 0 saturated heterocycles. The van der Waals surface area contributed by atoms with Crippen molar-refractivity contribution in [2.75, 3.05) is 6.54 Å². The zero-order valence-corrected chi connectivity index (χ0v) is 19.8. The fraction of sp³-hybridized carbons (Fsp3) is 0.833. The summed E-state index contributed by atoms with van der Waals surface area (Å²) in [5, 5.41) is 23.2. The van der Waals surface area contributed by atoms with Crippen LogP contribution in [0.15, 0.2) is 0 Å². The van der Waals surface area contributed by atoms with Crippen molar-refractivity contribution in [2.24, 2.45) is 0 Å². The first-order chi connectivity index (χ1) is 15.4. The molecule has 0 aliphatic rings. The minimum absolute atomic E-state index is 0.0862. The fourth-order valence-corrected chi connectivity index (χ4v) is 3.47. The van der Waals surface area contributed by atoms with Crippen molar-refractivity contribution in [3.8, 4) is 0 Å². The van der Waals surface area contributed by atoms with Crippen LogP contribution in [0.3, 0.4) is 0 Å². The van der Waals surface area contributed by atoms with E-state index in [4.69, 9.17) is 5.11 Å². The summed E-state index contributed by atoms with van der Waals surface area (Å²) in [6.45, 7) is 2.68. The Kier molecular flexibility index (Phi) is 19.4.